The Labute approximate surface area is 166 Å². The zero-order chi connectivity index (χ0) is 19.5. The van der Waals surface area contributed by atoms with E-state index >= 15 is 0 Å². The number of amides is 1. The maximum absolute atomic E-state index is 12.2. The summed E-state index contributed by atoms with van der Waals surface area (Å²) in [6, 6.07) is 14.7. The summed E-state index contributed by atoms with van der Waals surface area (Å²) in [4.78, 5) is 21.2. The number of anilines is 2. The monoisotopic (exact) mass is 386 g/mol. The average molecular weight is 387 g/mol. The van der Waals surface area contributed by atoms with Crippen molar-refractivity contribution in [1.82, 2.24) is 15.3 Å². The number of carbonyl (C=O) groups is 1. The molecule has 4 aromatic rings. The Morgan fingerprint density at radius 3 is 2.82 bits per heavy atom. The summed E-state index contributed by atoms with van der Waals surface area (Å²) in [5.41, 5.74) is 1.99. The molecule has 0 radical (unpaired) electrons. The second kappa shape index (κ2) is 7.55. The molecule has 28 heavy (non-hydrogen) atoms. The smallest absolute Gasteiger partial charge is 0.252 e. The summed E-state index contributed by atoms with van der Waals surface area (Å²) >= 11 is 6.09. The Kier molecular flexibility index (Phi) is 4.79. The third-order valence-corrected chi connectivity index (χ3v) is 4.53. The molecule has 136 valence electrons. The molecule has 0 aliphatic carbocycles. The number of aromatic nitrogens is 2. The predicted molar refractivity (Wildman–Crippen MR) is 113 cm³/mol. The van der Waals surface area contributed by atoms with Gasteiger partial charge in [-0.2, -0.15) is 0 Å². The van der Waals surface area contributed by atoms with E-state index < -0.39 is 0 Å². The van der Waals surface area contributed by atoms with Crippen LogP contribution in [0.5, 0.6) is 0 Å². The van der Waals surface area contributed by atoms with Crippen LogP contribution in [0.1, 0.15) is 10.4 Å². The van der Waals surface area contributed by atoms with Crippen molar-refractivity contribution in [3.8, 4) is 12.3 Å². The van der Waals surface area contributed by atoms with Crippen LogP contribution >= 0.6 is 11.6 Å². The molecule has 6 heteroatoms. The van der Waals surface area contributed by atoms with Crippen LogP contribution in [0.25, 0.3) is 21.7 Å². The number of halogens is 1. The van der Waals surface area contributed by atoms with Crippen molar-refractivity contribution >= 4 is 50.7 Å². The van der Waals surface area contributed by atoms with Crippen molar-refractivity contribution in [2.24, 2.45) is 0 Å². The number of rotatable bonds is 4. The van der Waals surface area contributed by atoms with Crippen molar-refractivity contribution < 1.29 is 4.79 Å². The maximum Gasteiger partial charge on any atom is 0.252 e. The minimum Gasteiger partial charge on any atom is -0.341 e. The van der Waals surface area contributed by atoms with Crippen molar-refractivity contribution in [2.45, 2.75) is 0 Å². The highest BCUT2D eigenvalue weighted by molar-refractivity contribution is 6.30. The molecule has 0 saturated carbocycles. The van der Waals surface area contributed by atoms with Gasteiger partial charge in [0.1, 0.15) is 5.82 Å². The molecule has 0 unspecified atom stereocenters. The van der Waals surface area contributed by atoms with E-state index in [9.17, 15) is 4.79 Å². The molecule has 0 spiro atoms. The first-order valence-corrected chi connectivity index (χ1v) is 8.95. The van der Waals surface area contributed by atoms with Gasteiger partial charge in [-0.25, -0.2) is 4.98 Å². The summed E-state index contributed by atoms with van der Waals surface area (Å²) in [5.74, 6) is 2.82. The Morgan fingerprint density at radius 2 is 2.00 bits per heavy atom. The lowest BCUT2D eigenvalue weighted by atomic mass is 10.1. The molecule has 0 bridgehead atoms. The zero-order valence-electron chi connectivity index (χ0n) is 14.7. The predicted octanol–water partition coefficient (Wildman–Crippen LogP) is 4.54. The van der Waals surface area contributed by atoms with Gasteiger partial charge in [-0.15, -0.1) is 6.42 Å². The van der Waals surface area contributed by atoms with Crippen molar-refractivity contribution in [1.29, 1.82) is 0 Å². The highest BCUT2D eigenvalue weighted by Crippen LogP contribution is 2.31. The Hall–Kier alpha value is -3.62. The number of carbonyl (C=O) groups excluding carboxylic acids is 1. The first-order chi connectivity index (χ1) is 13.7. The zero-order valence-corrected chi connectivity index (χ0v) is 15.5. The van der Waals surface area contributed by atoms with Gasteiger partial charge < -0.3 is 10.6 Å². The van der Waals surface area contributed by atoms with Crippen molar-refractivity contribution in [3.63, 3.8) is 0 Å². The van der Waals surface area contributed by atoms with E-state index in [4.69, 9.17) is 23.0 Å². The van der Waals surface area contributed by atoms with Gasteiger partial charge in [0.25, 0.3) is 5.91 Å². The summed E-state index contributed by atoms with van der Waals surface area (Å²) in [6.45, 7) is 0.174. The molecular weight excluding hydrogens is 372 g/mol. The lowest BCUT2D eigenvalue weighted by Gasteiger charge is -2.12. The molecular formula is C22H15ClN4O. The van der Waals surface area contributed by atoms with Crippen LogP contribution in [0.4, 0.5) is 11.5 Å². The molecule has 5 nitrogen and oxygen atoms in total. The van der Waals surface area contributed by atoms with Crippen molar-refractivity contribution in [3.05, 3.63) is 71.5 Å². The molecule has 0 saturated heterocycles. The van der Waals surface area contributed by atoms with Gasteiger partial charge in [0.15, 0.2) is 0 Å². The van der Waals surface area contributed by atoms with Crippen molar-refractivity contribution in [2.75, 3.05) is 11.9 Å². The fourth-order valence-corrected chi connectivity index (χ4v) is 3.21. The largest absolute Gasteiger partial charge is 0.341 e. The quantitative estimate of drug-likeness (QED) is 0.399. The van der Waals surface area contributed by atoms with Gasteiger partial charge in [-0.3, -0.25) is 9.78 Å². The summed E-state index contributed by atoms with van der Waals surface area (Å²) in [5, 5.41) is 9.38. The normalized spacial score (nSPS) is 10.6. The number of hydrogen-bond donors (Lipinski definition) is 2. The molecule has 4 rings (SSSR count). The average Bonchev–Trinajstić information content (AvgIpc) is 2.72. The molecule has 1 amide bonds. The number of hydrogen-bond acceptors (Lipinski definition) is 4. The number of nitrogens with one attached hydrogen (secondary N) is 2. The Balaban J connectivity index is 1.85. The van der Waals surface area contributed by atoms with Crippen LogP contribution in [0.15, 0.2) is 60.9 Å². The Morgan fingerprint density at radius 1 is 1.11 bits per heavy atom. The lowest BCUT2D eigenvalue weighted by molar-refractivity contribution is 0.0959. The number of pyridine rings is 2. The van der Waals surface area contributed by atoms with E-state index in [2.05, 4.69) is 21.5 Å². The van der Waals surface area contributed by atoms with Gasteiger partial charge in [0.2, 0.25) is 0 Å². The second-order valence-electron chi connectivity index (χ2n) is 6.14. The molecule has 2 N–H and O–H groups in total. The van der Waals surface area contributed by atoms with Crippen LogP contribution < -0.4 is 10.6 Å². The molecule has 0 aliphatic rings. The van der Waals surface area contributed by atoms with Gasteiger partial charge in [0.05, 0.1) is 12.1 Å². The highest BCUT2D eigenvalue weighted by atomic mass is 35.5. The van der Waals surface area contributed by atoms with Crippen LogP contribution in [-0.4, -0.2) is 22.4 Å². The number of terminal acetylenes is 1. The van der Waals surface area contributed by atoms with Crippen LogP contribution in [0, 0.1) is 12.3 Å². The second-order valence-corrected chi connectivity index (χ2v) is 6.57. The molecule has 0 atom stereocenters. The molecule has 2 aromatic carbocycles. The van der Waals surface area contributed by atoms with E-state index in [0.717, 1.165) is 21.8 Å². The van der Waals surface area contributed by atoms with Crippen LogP contribution in [-0.2, 0) is 0 Å². The summed E-state index contributed by atoms with van der Waals surface area (Å²) < 4.78 is 0. The van der Waals surface area contributed by atoms with Gasteiger partial charge in [-0.1, -0.05) is 29.7 Å². The number of nitrogens with zero attached hydrogens (tertiary/aromatic N) is 2. The highest BCUT2D eigenvalue weighted by Gasteiger charge is 2.12. The van der Waals surface area contributed by atoms with E-state index in [-0.39, 0.29) is 12.5 Å². The van der Waals surface area contributed by atoms with Crippen LogP contribution in [0.2, 0.25) is 5.02 Å². The third-order valence-electron chi connectivity index (χ3n) is 4.30. The number of benzene rings is 2. The first kappa shape index (κ1) is 17.8. The number of fused-ring (bicyclic) bond motifs is 3. The van der Waals surface area contributed by atoms with Gasteiger partial charge >= 0.3 is 0 Å². The minimum atomic E-state index is -0.239. The fraction of sp³-hybridized carbons (Fsp3) is 0.0455. The van der Waals surface area contributed by atoms with E-state index in [1.807, 2.05) is 36.4 Å². The lowest BCUT2D eigenvalue weighted by Crippen LogP contribution is -2.23. The minimum absolute atomic E-state index is 0.174. The summed E-state index contributed by atoms with van der Waals surface area (Å²) in [7, 11) is 0. The van der Waals surface area contributed by atoms with E-state index in [1.54, 1.807) is 24.5 Å². The van der Waals surface area contributed by atoms with E-state index in [0.29, 0.717) is 21.9 Å². The van der Waals surface area contributed by atoms with E-state index in [1.165, 1.54) is 0 Å². The van der Waals surface area contributed by atoms with Crippen LogP contribution in [0.3, 0.4) is 0 Å². The molecule has 0 aliphatic heterocycles. The molecule has 2 aromatic heterocycles. The van der Waals surface area contributed by atoms with Gasteiger partial charge in [-0.05, 0) is 36.4 Å². The van der Waals surface area contributed by atoms with Gasteiger partial charge in [0, 0.05) is 44.8 Å². The first-order valence-electron chi connectivity index (χ1n) is 8.57. The maximum atomic E-state index is 12.2. The Bertz CT molecular complexity index is 1250. The molecule has 0 fully saturated rings. The third kappa shape index (κ3) is 3.46. The standard InChI is InChI=1S/C22H15ClN4O/c1-2-9-25-22(28)14-6-7-17-19-13-24-10-8-18(19)21(27-20(17)11-14)26-16-5-3-4-15(23)12-16/h1,3-8,10-13H,9H2,(H,25,28)(H,26,27). The summed E-state index contributed by atoms with van der Waals surface area (Å²) in [6.07, 6.45) is 8.72. The SMILES string of the molecule is C#CCNC(=O)c1ccc2c(c1)nc(Nc1cccc(Cl)c1)c1ccncc12. The molecule has 2 heterocycles. The topological polar surface area (TPSA) is 66.9 Å². The fourth-order valence-electron chi connectivity index (χ4n) is 3.02.